The van der Waals surface area contributed by atoms with Crippen molar-refractivity contribution < 1.29 is 19.4 Å². The van der Waals surface area contributed by atoms with Crippen LogP contribution >= 0.6 is 0 Å². The van der Waals surface area contributed by atoms with Crippen LogP contribution in [0.3, 0.4) is 0 Å². The number of amides is 1. The molecule has 1 heterocycles. The van der Waals surface area contributed by atoms with E-state index >= 15 is 0 Å². The number of carbonyl (C=O) groups is 2. The minimum Gasteiger partial charge on any atom is -0.481 e. The fraction of sp³-hybridized carbons (Fsp3) is 0.529. The molecule has 2 atom stereocenters. The molecule has 0 saturated carbocycles. The van der Waals surface area contributed by atoms with Crippen LogP contribution in [0.5, 0.6) is 0 Å². The van der Waals surface area contributed by atoms with Gasteiger partial charge in [-0.05, 0) is 57.9 Å². The van der Waals surface area contributed by atoms with Crippen molar-refractivity contribution in [2.45, 2.75) is 45.3 Å². The molecule has 1 aliphatic heterocycles. The third-order valence-corrected chi connectivity index (χ3v) is 3.69. The Hall–Kier alpha value is -2.08. The monoisotopic (exact) mass is 320 g/mol. The van der Waals surface area contributed by atoms with Crippen LogP contribution in [0.4, 0.5) is 10.5 Å². The minimum absolute atomic E-state index is 0.197. The molecule has 1 amide bonds. The van der Waals surface area contributed by atoms with Crippen LogP contribution in [-0.2, 0) is 9.53 Å². The Bertz CT molecular complexity index is 563. The standard InChI is InChI=1S/C17H24N2O4/c1-17(2,3)23-16(22)19-12-8-6-11(7-9-12)14-13(15(20)21)5-4-10-18-14/h6-9,13-14,18H,4-5,10H2,1-3H3,(H,19,22)(H,20,21)/t13-,14-/m1/s1. The van der Waals surface area contributed by atoms with Crippen molar-refractivity contribution in [2.24, 2.45) is 5.92 Å². The van der Waals surface area contributed by atoms with Crippen LogP contribution in [-0.4, -0.2) is 29.3 Å². The molecular weight excluding hydrogens is 296 g/mol. The number of carbonyl (C=O) groups excluding carboxylic acids is 1. The van der Waals surface area contributed by atoms with E-state index in [0.29, 0.717) is 12.1 Å². The molecule has 0 aliphatic carbocycles. The summed E-state index contributed by atoms with van der Waals surface area (Å²) >= 11 is 0. The first kappa shape index (κ1) is 17.3. The molecule has 2 rings (SSSR count). The van der Waals surface area contributed by atoms with Gasteiger partial charge < -0.3 is 15.2 Å². The van der Waals surface area contributed by atoms with Crippen molar-refractivity contribution >= 4 is 17.7 Å². The third kappa shape index (κ3) is 4.96. The smallest absolute Gasteiger partial charge is 0.412 e. The zero-order valence-corrected chi connectivity index (χ0v) is 13.8. The lowest BCUT2D eigenvalue weighted by Crippen LogP contribution is -2.38. The molecule has 6 heteroatoms. The van der Waals surface area contributed by atoms with Crippen LogP contribution < -0.4 is 10.6 Å². The molecule has 1 aromatic carbocycles. The molecule has 126 valence electrons. The van der Waals surface area contributed by atoms with Gasteiger partial charge in [0, 0.05) is 11.7 Å². The van der Waals surface area contributed by atoms with E-state index in [1.165, 1.54) is 0 Å². The Morgan fingerprint density at radius 3 is 2.48 bits per heavy atom. The lowest BCUT2D eigenvalue weighted by atomic mass is 9.86. The summed E-state index contributed by atoms with van der Waals surface area (Å²) in [6.45, 7) is 6.22. The molecule has 0 aromatic heterocycles. The summed E-state index contributed by atoms with van der Waals surface area (Å²) in [5.41, 5.74) is 0.975. The number of piperidine rings is 1. The van der Waals surface area contributed by atoms with Gasteiger partial charge in [0.1, 0.15) is 5.60 Å². The second kappa shape index (κ2) is 7.00. The van der Waals surface area contributed by atoms with Gasteiger partial charge in [0.25, 0.3) is 0 Å². The number of hydrogen-bond donors (Lipinski definition) is 3. The van der Waals surface area contributed by atoms with Gasteiger partial charge in [-0.1, -0.05) is 12.1 Å². The largest absolute Gasteiger partial charge is 0.481 e. The number of benzene rings is 1. The van der Waals surface area contributed by atoms with E-state index in [2.05, 4.69) is 10.6 Å². The predicted octanol–water partition coefficient (Wildman–Crippen LogP) is 3.16. The number of hydrogen-bond acceptors (Lipinski definition) is 4. The van der Waals surface area contributed by atoms with Crippen LogP contribution in [0.1, 0.15) is 45.2 Å². The highest BCUT2D eigenvalue weighted by Gasteiger charge is 2.31. The quantitative estimate of drug-likeness (QED) is 0.796. The summed E-state index contributed by atoms with van der Waals surface area (Å²) < 4.78 is 5.20. The summed E-state index contributed by atoms with van der Waals surface area (Å²) in [4.78, 5) is 23.1. The average molecular weight is 320 g/mol. The van der Waals surface area contributed by atoms with Gasteiger partial charge in [0.2, 0.25) is 0 Å². The third-order valence-electron chi connectivity index (χ3n) is 3.69. The first-order valence-corrected chi connectivity index (χ1v) is 7.82. The number of rotatable bonds is 3. The summed E-state index contributed by atoms with van der Waals surface area (Å²) in [7, 11) is 0. The van der Waals surface area contributed by atoms with Crippen LogP contribution in [0.2, 0.25) is 0 Å². The first-order valence-electron chi connectivity index (χ1n) is 7.82. The fourth-order valence-corrected chi connectivity index (χ4v) is 2.70. The van der Waals surface area contributed by atoms with Gasteiger partial charge in [0.05, 0.1) is 5.92 Å². The van der Waals surface area contributed by atoms with Gasteiger partial charge >= 0.3 is 12.1 Å². The molecule has 1 aromatic rings. The van der Waals surface area contributed by atoms with E-state index in [0.717, 1.165) is 18.5 Å². The molecule has 3 N–H and O–H groups in total. The van der Waals surface area contributed by atoms with Crippen molar-refractivity contribution in [1.82, 2.24) is 5.32 Å². The molecule has 0 spiro atoms. The molecule has 0 radical (unpaired) electrons. The lowest BCUT2D eigenvalue weighted by molar-refractivity contribution is -0.143. The van der Waals surface area contributed by atoms with E-state index in [1.54, 1.807) is 32.9 Å². The van der Waals surface area contributed by atoms with Crippen LogP contribution in [0.15, 0.2) is 24.3 Å². The molecule has 6 nitrogen and oxygen atoms in total. The van der Waals surface area contributed by atoms with Gasteiger partial charge in [-0.3, -0.25) is 10.1 Å². The Kier molecular flexibility index (Phi) is 5.26. The zero-order valence-electron chi connectivity index (χ0n) is 13.8. The van der Waals surface area contributed by atoms with E-state index in [1.807, 2.05) is 12.1 Å². The van der Waals surface area contributed by atoms with E-state index < -0.39 is 23.6 Å². The van der Waals surface area contributed by atoms with Crippen molar-refractivity contribution in [3.05, 3.63) is 29.8 Å². The normalized spacial score (nSPS) is 21.5. The molecule has 0 unspecified atom stereocenters. The lowest BCUT2D eigenvalue weighted by Gasteiger charge is -2.30. The van der Waals surface area contributed by atoms with Gasteiger partial charge in [-0.25, -0.2) is 4.79 Å². The molecule has 0 bridgehead atoms. The summed E-state index contributed by atoms with van der Waals surface area (Å²) in [5, 5.41) is 15.3. The Morgan fingerprint density at radius 1 is 1.26 bits per heavy atom. The maximum atomic E-state index is 11.7. The van der Waals surface area contributed by atoms with E-state index in [-0.39, 0.29) is 6.04 Å². The highest BCUT2D eigenvalue weighted by molar-refractivity contribution is 5.84. The van der Waals surface area contributed by atoms with Crippen molar-refractivity contribution in [1.29, 1.82) is 0 Å². The molecular formula is C17H24N2O4. The van der Waals surface area contributed by atoms with E-state index in [9.17, 15) is 14.7 Å². The average Bonchev–Trinajstić information content (AvgIpc) is 2.46. The molecule has 23 heavy (non-hydrogen) atoms. The summed E-state index contributed by atoms with van der Waals surface area (Å²) in [6.07, 6.45) is 1.03. The van der Waals surface area contributed by atoms with Gasteiger partial charge in [-0.15, -0.1) is 0 Å². The highest BCUT2D eigenvalue weighted by Crippen LogP contribution is 2.30. The SMILES string of the molecule is CC(C)(C)OC(=O)Nc1ccc([C@H]2NCCC[C@H]2C(=O)O)cc1. The number of anilines is 1. The number of carboxylic acids is 1. The number of aliphatic carboxylic acids is 1. The molecule has 1 fully saturated rings. The second-order valence-electron chi connectivity index (χ2n) is 6.77. The minimum atomic E-state index is -0.779. The van der Waals surface area contributed by atoms with Crippen LogP contribution in [0.25, 0.3) is 0 Å². The first-order chi connectivity index (χ1) is 10.8. The summed E-state index contributed by atoms with van der Waals surface area (Å²) in [5.74, 6) is -1.20. The second-order valence-corrected chi connectivity index (χ2v) is 6.77. The number of ether oxygens (including phenoxy) is 1. The van der Waals surface area contributed by atoms with Crippen molar-refractivity contribution in [2.75, 3.05) is 11.9 Å². The number of carboxylic acid groups (broad SMARTS) is 1. The zero-order chi connectivity index (χ0) is 17.0. The Labute approximate surface area is 136 Å². The topological polar surface area (TPSA) is 87.7 Å². The van der Waals surface area contributed by atoms with Crippen molar-refractivity contribution in [3.63, 3.8) is 0 Å². The van der Waals surface area contributed by atoms with Crippen molar-refractivity contribution in [3.8, 4) is 0 Å². The molecule has 1 aliphatic rings. The van der Waals surface area contributed by atoms with Gasteiger partial charge in [-0.2, -0.15) is 0 Å². The molecule has 1 saturated heterocycles. The van der Waals surface area contributed by atoms with Gasteiger partial charge in [0.15, 0.2) is 0 Å². The maximum Gasteiger partial charge on any atom is 0.412 e. The number of nitrogens with one attached hydrogen (secondary N) is 2. The summed E-state index contributed by atoms with van der Waals surface area (Å²) in [6, 6.07) is 7.00. The Balaban J connectivity index is 2.04. The highest BCUT2D eigenvalue weighted by atomic mass is 16.6. The maximum absolute atomic E-state index is 11.7. The fourth-order valence-electron chi connectivity index (χ4n) is 2.70. The van der Waals surface area contributed by atoms with Crippen LogP contribution in [0, 0.1) is 5.92 Å². The predicted molar refractivity (Wildman–Crippen MR) is 87.4 cm³/mol. The Morgan fingerprint density at radius 2 is 1.91 bits per heavy atom. The van der Waals surface area contributed by atoms with E-state index in [4.69, 9.17) is 4.74 Å².